The molecule has 3 saturated heterocycles. The summed E-state index contributed by atoms with van der Waals surface area (Å²) >= 11 is 0. The first-order valence-electron chi connectivity index (χ1n) is 10.4. The fourth-order valence-corrected chi connectivity index (χ4v) is 5.40. The second kappa shape index (κ2) is 6.30. The summed E-state index contributed by atoms with van der Waals surface area (Å²) in [4.78, 5) is 14.1. The first-order valence-corrected chi connectivity index (χ1v) is 10.4. The molecule has 5 fully saturated rings. The van der Waals surface area contributed by atoms with Gasteiger partial charge in [-0.3, -0.25) is 4.79 Å². The number of nitrogens with zero attached hydrogens (tertiary/aromatic N) is 3. The predicted molar refractivity (Wildman–Crippen MR) is 94.3 cm³/mol. The summed E-state index contributed by atoms with van der Waals surface area (Å²) in [5, 5.41) is 22.5. The average molecular weight is 360 g/mol. The summed E-state index contributed by atoms with van der Waals surface area (Å²) in [7, 11) is 0. The summed E-state index contributed by atoms with van der Waals surface area (Å²) in [6, 6.07) is 0.963. The normalized spacial score (nSPS) is 35.6. The van der Waals surface area contributed by atoms with Crippen molar-refractivity contribution in [3.63, 3.8) is 0 Å². The van der Waals surface area contributed by atoms with Crippen LogP contribution in [-0.4, -0.2) is 51.2 Å². The number of piperidine rings is 3. The fraction of sp³-hybridized carbons (Fsp3) is 0.842. The lowest BCUT2D eigenvalue weighted by molar-refractivity contribution is -0.945. The molecule has 2 aliphatic carbocycles. The Kier molecular flexibility index (Phi) is 4.05. The van der Waals surface area contributed by atoms with Crippen molar-refractivity contribution in [1.29, 1.82) is 0 Å². The molecule has 0 spiro atoms. The van der Waals surface area contributed by atoms with E-state index in [0.717, 1.165) is 76.7 Å². The molecule has 4 atom stereocenters. The van der Waals surface area contributed by atoms with Crippen LogP contribution in [0.15, 0.2) is 6.20 Å². The van der Waals surface area contributed by atoms with Gasteiger partial charge in [-0.15, -0.1) is 5.10 Å². The van der Waals surface area contributed by atoms with Crippen LogP contribution in [0.5, 0.6) is 0 Å². The van der Waals surface area contributed by atoms with E-state index in [2.05, 4.69) is 15.6 Å². The minimum Gasteiger partial charge on any atom is -0.383 e. The molecule has 3 N–H and O–H groups in total. The predicted octanol–water partition coefficient (Wildman–Crippen LogP) is -0.388. The van der Waals surface area contributed by atoms with Gasteiger partial charge >= 0.3 is 0 Å². The van der Waals surface area contributed by atoms with Gasteiger partial charge in [-0.1, -0.05) is 18.1 Å². The monoisotopic (exact) mass is 360 g/mol. The summed E-state index contributed by atoms with van der Waals surface area (Å²) in [5.74, 6) is 0.999. The number of carbonyl (C=O) groups excluding carboxylic acids is 1. The van der Waals surface area contributed by atoms with E-state index in [0.29, 0.717) is 23.9 Å². The van der Waals surface area contributed by atoms with E-state index in [1.54, 1.807) is 4.90 Å². The molecule has 1 aromatic rings. The Morgan fingerprint density at radius 1 is 1.35 bits per heavy atom. The molecular formula is C19H30N5O2+. The van der Waals surface area contributed by atoms with Gasteiger partial charge in [0.25, 0.3) is 0 Å². The van der Waals surface area contributed by atoms with Crippen LogP contribution in [0.3, 0.4) is 0 Å². The second-order valence-electron chi connectivity index (χ2n) is 9.05. The largest absolute Gasteiger partial charge is 0.383 e. The number of quaternary nitrogens is 1. The van der Waals surface area contributed by atoms with E-state index in [-0.39, 0.29) is 5.92 Å². The molecule has 142 valence electrons. The zero-order chi connectivity index (χ0) is 17.7. The van der Waals surface area contributed by atoms with Crippen LogP contribution in [0.1, 0.15) is 57.1 Å². The van der Waals surface area contributed by atoms with Crippen molar-refractivity contribution >= 4 is 5.91 Å². The van der Waals surface area contributed by atoms with Gasteiger partial charge in [0.05, 0.1) is 31.7 Å². The number of hydrogen-bond donors (Lipinski definition) is 3. The summed E-state index contributed by atoms with van der Waals surface area (Å²) < 4.78 is 1.92. The third kappa shape index (κ3) is 3.05. The Labute approximate surface area is 154 Å². The highest BCUT2D eigenvalue weighted by Crippen LogP contribution is 2.37. The quantitative estimate of drug-likeness (QED) is 0.668. The molecule has 2 saturated carbocycles. The van der Waals surface area contributed by atoms with Crippen LogP contribution in [0.25, 0.3) is 0 Å². The molecule has 3 aliphatic heterocycles. The Balaban J connectivity index is 1.22. The van der Waals surface area contributed by atoms with Crippen LogP contribution in [0.4, 0.5) is 0 Å². The van der Waals surface area contributed by atoms with Crippen LogP contribution in [0.2, 0.25) is 0 Å². The highest BCUT2D eigenvalue weighted by molar-refractivity contribution is 5.79. The van der Waals surface area contributed by atoms with Crippen molar-refractivity contribution in [2.45, 2.75) is 75.6 Å². The molecule has 4 heterocycles. The lowest BCUT2D eigenvalue weighted by Crippen LogP contribution is -3.20. The molecule has 1 amide bonds. The SMILES string of the molecule is O=C(NC1CC1)[C@H]1C[NH+]2CC[C@H]1C[C@@H]2Cn1cc(C2(O)CCCC2)nn1. The number of nitrogens with one attached hydrogen (secondary N) is 2. The van der Waals surface area contributed by atoms with Crippen molar-refractivity contribution in [1.82, 2.24) is 20.3 Å². The van der Waals surface area contributed by atoms with Gasteiger partial charge in [0, 0.05) is 18.9 Å². The molecule has 0 radical (unpaired) electrons. The summed E-state index contributed by atoms with van der Waals surface area (Å²) in [6.07, 6.45) is 10.2. The van der Waals surface area contributed by atoms with Crippen molar-refractivity contribution in [3.05, 3.63) is 11.9 Å². The number of fused-ring (bicyclic) bond motifs is 3. The average Bonchev–Trinajstić information content (AvgIpc) is 3.14. The van der Waals surface area contributed by atoms with E-state index < -0.39 is 5.60 Å². The number of aliphatic hydroxyl groups is 1. The third-order valence-corrected chi connectivity index (χ3v) is 7.17. The minimum atomic E-state index is -0.761. The molecule has 26 heavy (non-hydrogen) atoms. The number of carbonyl (C=O) groups is 1. The third-order valence-electron chi connectivity index (χ3n) is 7.17. The van der Waals surface area contributed by atoms with Crippen LogP contribution in [-0.2, 0) is 16.9 Å². The van der Waals surface area contributed by atoms with Gasteiger partial charge in [-0.05, 0) is 31.6 Å². The van der Waals surface area contributed by atoms with E-state index in [4.69, 9.17) is 0 Å². The topological polar surface area (TPSA) is 84.5 Å². The maximum atomic E-state index is 12.5. The molecule has 7 nitrogen and oxygen atoms in total. The van der Waals surface area contributed by atoms with Crippen molar-refractivity contribution < 1.29 is 14.8 Å². The molecule has 5 aliphatic rings. The number of hydrogen-bond acceptors (Lipinski definition) is 4. The number of amides is 1. The van der Waals surface area contributed by atoms with Gasteiger partial charge < -0.3 is 15.3 Å². The summed E-state index contributed by atoms with van der Waals surface area (Å²) in [5.41, 5.74) is -0.0224. The minimum absolute atomic E-state index is 0.195. The Morgan fingerprint density at radius 3 is 2.85 bits per heavy atom. The smallest absolute Gasteiger partial charge is 0.229 e. The molecule has 1 aromatic heterocycles. The van der Waals surface area contributed by atoms with E-state index in [1.807, 2.05) is 10.9 Å². The van der Waals surface area contributed by atoms with Gasteiger partial charge in [0.1, 0.15) is 17.3 Å². The Hall–Kier alpha value is -1.47. The summed E-state index contributed by atoms with van der Waals surface area (Å²) in [6.45, 7) is 2.96. The maximum absolute atomic E-state index is 12.5. The van der Waals surface area contributed by atoms with Crippen LogP contribution in [0, 0.1) is 11.8 Å². The molecule has 7 heteroatoms. The highest BCUT2D eigenvalue weighted by atomic mass is 16.3. The van der Waals surface area contributed by atoms with Gasteiger partial charge in [0.15, 0.2) is 0 Å². The lowest BCUT2D eigenvalue weighted by Gasteiger charge is -2.46. The van der Waals surface area contributed by atoms with Gasteiger partial charge in [-0.2, -0.15) is 0 Å². The fourth-order valence-electron chi connectivity index (χ4n) is 5.40. The Morgan fingerprint density at radius 2 is 2.15 bits per heavy atom. The molecule has 1 unspecified atom stereocenters. The first kappa shape index (κ1) is 16.7. The highest BCUT2D eigenvalue weighted by Gasteiger charge is 2.47. The number of rotatable bonds is 5. The standard InChI is InChI=1S/C19H29N5O2/c25-18(20-14-3-4-14)16-11-23-8-5-13(16)9-15(23)10-24-12-17(21-22-24)19(26)6-1-2-7-19/h12-16,26H,1-11H2,(H,20,25)/p+1/t13-,15+,16-/m0/s1. The zero-order valence-corrected chi connectivity index (χ0v) is 15.4. The van der Waals surface area contributed by atoms with Crippen molar-refractivity contribution in [2.24, 2.45) is 11.8 Å². The maximum Gasteiger partial charge on any atom is 0.229 e. The first-order chi connectivity index (χ1) is 12.6. The zero-order valence-electron chi connectivity index (χ0n) is 15.4. The van der Waals surface area contributed by atoms with Crippen molar-refractivity contribution in [3.8, 4) is 0 Å². The van der Waals surface area contributed by atoms with E-state index in [1.165, 1.54) is 0 Å². The second-order valence-corrected chi connectivity index (χ2v) is 9.05. The number of aromatic nitrogens is 3. The van der Waals surface area contributed by atoms with Crippen molar-refractivity contribution in [2.75, 3.05) is 13.1 Å². The molecule has 6 rings (SSSR count). The lowest BCUT2D eigenvalue weighted by atomic mass is 9.75. The molecule has 2 bridgehead atoms. The Bertz CT molecular complexity index is 679. The van der Waals surface area contributed by atoms with E-state index in [9.17, 15) is 9.90 Å². The van der Waals surface area contributed by atoms with Gasteiger partial charge in [0.2, 0.25) is 5.91 Å². The van der Waals surface area contributed by atoms with Crippen LogP contribution < -0.4 is 10.2 Å². The molecular weight excluding hydrogens is 330 g/mol. The van der Waals surface area contributed by atoms with Gasteiger partial charge in [-0.25, -0.2) is 4.68 Å². The molecule has 0 aromatic carbocycles. The van der Waals surface area contributed by atoms with E-state index >= 15 is 0 Å². The van der Waals surface area contributed by atoms with Crippen LogP contribution >= 0.6 is 0 Å².